The van der Waals surface area contributed by atoms with E-state index in [1.54, 1.807) is 0 Å². The van der Waals surface area contributed by atoms with Crippen molar-refractivity contribution in [2.75, 3.05) is 6.61 Å². The summed E-state index contributed by atoms with van der Waals surface area (Å²) < 4.78 is 5.60. The van der Waals surface area contributed by atoms with Gasteiger partial charge in [-0.3, -0.25) is 0 Å². The predicted molar refractivity (Wildman–Crippen MR) is 53.2 cm³/mol. The second-order valence-electron chi connectivity index (χ2n) is 4.29. The van der Waals surface area contributed by atoms with E-state index >= 15 is 0 Å². The molecular weight excluding hydrogens is 162 g/mol. The van der Waals surface area contributed by atoms with E-state index in [-0.39, 0.29) is 6.04 Å². The van der Waals surface area contributed by atoms with Crippen LogP contribution in [0.1, 0.15) is 39.0 Å². The SMILES string of the molecule is CCC1(C(N)C2=CCCCO2)CC1. The summed E-state index contributed by atoms with van der Waals surface area (Å²) in [6, 6.07) is 0.165. The summed E-state index contributed by atoms with van der Waals surface area (Å²) in [7, 11) is 0. The van der Waals surface area contributed by atoms with E-state index in [0.717, 1.165) is 25.2 Å². The number of ether oxygens (including phenoxy) is 1. The zero-order valence-electron chi connectivity index (χ0n) is 8.38. The van der Waals surface area contributed by atoms with Gasteiger partial charge in [0.1, 0.15) is 5.76 Å². The first-order chi connectivity index (χ1) is 6.28. The van der Waals surface area contributed by atoms with Crippen LogP contribution in [0.25, 0.3) is 0 Å². The second kappa shape index (κ2) is 3.33. The monoisotopic (exact) mass is 181 g/mol. The van der Waals surface area contributed by atoms with Gasteiger partial charge < -0.3 is 10.5 Å². The molecule has 1 atom stereocenters. The van der Waals surface area contributed by atoms with Crippen LogP contribution in [0.15, 0.2) is 11.8 Å². The van der Waals surface area contributed by atoms with E-state index in [1.807, 2.05) is 0 Å². The zero-order valence-corrected chi connectivity index (χ0v) is 8.38. The summed E-state index contributed by atoms with van der Waals surface area (Å²) in [5.74, 6) is 1.06. The van der Waals surface area contributed by atoms with Crippen molar-refractivity contribution in [3.05, 3.63) is 11.8 Å². The molecule has 2 nitrogen and oxygen atoms in total. The summed E-state index contributed by atoms with van der Waals surface area (Å²) >= 11 is 0. The van der Waals surface area contributed by atoms with Gasteiger partial charge in [-0.15, -0.1) is 0 Å². The Labute approximate surface area is 80.1 Å². The van der Waals surface area contributed by atoms with Gasteiger partial charge in [0.15, 0.2) is 0 Å². The summed E-state index contributed by atoms with van der Waals surface area (Å²) in [5.41, 5.74) is 6.60. The van der Waals surface area contributed by atoms with E-state index in [1.165, 1.54) is 19.3 Å². The molecule has 2 N–H and O–H groups in total. The lowest BCUT2D eigenvalue weighted by Gasteiger charge is -2.26. The molecule has 0 amide bonds. The molecule has 2 rings (SSSR count). The minimum absolute atomic E-state index is 0.165. The van der Waals surface area contributed by atoms with Crippen molar-refractivity contribution in [3.8, 4) is 0 Å². The Hall–Kier alpha value is -0.500. The van der Waals surface area contributed by atoms with Crippen molar-refractivity contribution in [2.45, 2.75) is 45.1 Å². The third-order valence-electron chi connectivity index (χ3n) is 3.53. The summed E-state index contributed by atoms with van der Waals surface area (Å²) in [6.07, 6.45) is 8.23. The Morgan fingerprint density at radius 1 is 1.62 bits per heavy atom. The first kappa shape index (κ1) is 9.07. The number of allylic oxidation sites excluding steroid dienone is 1. The van der Waals surface area contributed by atoms with Crippen LogP contribution in [0.3, 0.4) is 0 Å². The molecule has 0 aromatic rings. The van der Waals surface area contributed by atoms with Gasteiger partial charge in [0.25, 0.3) is 0 Å². The van der Waals surface area contributed by atoms with Crippen LogP contribution >= 0.6 is 0 Å². The molecule has 1 aliphatic carbocycles. The van der Waals surface area contributed by atoms with Gasteiger partial charge in [-0.2, -0.15) is 0 Å². The van der Waals surface area contributed by atoms with Gasteiger partial charge in [0.2, 0.25) is 0 Å². The highest BCUT2D eigenvalue weighted by molar-refractivity contribution is 5.15. The highest BCUT2D eigenvalue weighted by atomic mass is 16.5. The van der Waals surface area contributed by atoms with Gasteiger partial charge in [0, 0.05) is 0 Å². The average Bonchev–Trinajstić information content (AvgIpc) is 2.99. The average molecular weight is 181 g/mol. The Morgan fingerprint density at radius 3 is 2.85 bits per heavy atom. The third-order valence-corrected chi connectivity index (χ3v) is 3.53. The fourth-order valence-corrected chi connectivity index (χ4v) is 2.14. The predicted octanol–water partition coefficient (Wildman–Crippen LogP) is 2.20. The largest absolute Gasteiger partial charge is 0.497 e. The van der Waals surface area contributed by atoms with E-state index in [4.69, 9.17) is 10.5 Å². The topological polar surface area (TPSA) is 35.2 Å². The fourth-order valence-electron chi connectivity index (χ4n) is 2.14. The maximum atomic E-state index is 6.21. The van der Waals surface area contributed by atoms with Gasteiger partial charge in [0.05, 0.1) is 12.6 Å². The van der Waals surface area contributed by atoms with Crippen LogP contribution in [0.4, 0.5) is 0 Å². The van der Waals surface area contributed by atoms with Crippen molar-refractivity contribution < 1.29 is 4.74 Å². The molecule has 1 heterocycles. The van der Waals surface area contributed by atoms with Crippen LogP contribution < -0.4 is 5.73 Å². The molecule has 1 unspecified atom stereocenters. The van der Waals surface area contributed by atoms with E-state index < -0.39 is 0 Å². The van der Waals surface area contributed by atoms with Crippen LogP contribution in [0.2, 0.25) is 0 Å². The van der Waals surface area contributed by atoms with Crippen molar-refractivity contribution in [1.82, 2.24) is 0 Å². The summed E-state index contributed by atoms with van der Waals surface area (Å²) in [5, 5.41) is 0. The molecule has 1 fully saturated rings. The zero-order chi connectivity index (χ0) is 9.31. The van der Waals surface area contributed by atoms with Gasteiger partial charge in [-0.25, -0.2) is 0 Å². The van der Waals surface area contributed by atoms with Crippen molar-refractivity contribution >= 4 is 0 Å². The molecule has 2 aliphatic rings. The van der Waals surface area contributed by atoms with Gasteiger partial charge in [-0.1, -0.05) is 6.92 Å². The smallest absolute Gasteiger partial charge is 0.109 e. The lowest BCUT2D eigenvalue weighted by atomic mass is 9.91. The third kappa shape index (κ3) is 1.60. The molecule has 0 aromatic heterocycles. The lowest BCUT2D eigenvalue weighted by molar-refractivity contribution is 0.156. The standard InChI is InChI=1S/C11H19NO/c1-2-11(6-7-11)10(12)9-5-3-4-8-13-9/h5,10H,2-4,6-8,12H2,1H3. The maximum absolute atomic E-state index is 6.21. The van der Waals surface area contributed by atoms with Crippen LogP contribution in [-0.2, 0) is 4.74 Å². The van der Waals surface area contributed by atoms with Crippen LogP contribution in [-0.4, -0.2) is 12.6 Å². The Morgan fingerprint density at radius 2 is 2.38 bits per heavy atom. The molecule has 0 spiro atoms. The molecule has 2 heteroatoms. The number of nitrogens with two attached hydrogens (primary N) is 1. The Bertz CT molecular complexity index is 218. The highest BCUT2D eigenvalue weighted by Gasteiger charge is 2.48. The number of hydrogen-bond donors (Lipinski definition) is 1. The molecule has 0 aromatic carbocycles. The van der Waals surface area contributed by atoms with Crippen molar-refractivity contribution in [3.63, 3.8) is 0 Å². The molecule has 74 valence electrons. The molecule has 13 heavy (non-hydrogen) atoms. The lowest BCUT2D eigenvalue weighted by Crippen LogP contribution is -2.35. The molecular formula is C11H19NO. The van der Waals surface area contributed by atoms with Crippen molar-refractivity contribution in [1.29, 1.82) is 0 Å². The van der Waals surface area contributed by atoms with Crippen LogP contribution in [0.5, 0.6) is 0 Å². The summed E-state index contributed by atoms with van der Waals surface area (Å²) in [6.45, 7) is 3.09. The molecule has 1 aliphatic heterocycles. The minimum Gasteiger partial charge on any atom is -0.497 e. The number of rotatable bonds is 3. The molecule has 1 saturated carbocycles. The van der Waals surface area contributed by atoms with Gasteiger partial charge in [-0.05, 0) is 43.6 Å². The Balaban J connectivity index is 2.03. The highest BCUT2D eigenvalue weighted by Crippen LogP contribution is 2.52. The van der Waals surface area contributed by atoms with Crippen molar-refractivity contribution in [2.24, 2.45) is 11.1 Å². The molecule has 0 bridgehead atoms. The first-order valence-corrected chi connectivity index (χ1v) is 5.37. The number of hydrogen-bond acceptors (Lipinski definition) is 2. The minimum atomic E-state index is 0.165. The van der Waals surface area contributed by atoms with E-state index in [2.05, 4.69) is 13.0 Å². The summed E-state index contributed by atoms with van der Waals surface area (Å²) in [4.78, 5) is 0. The maximum Gasteiger partial charge on any atom is 0.109 e. The quantitative estimate of drug-likeness (QED) is 0.724. The molecule has 0 radical (unpaired) electrons. The second-order valence-corrected chi connectivity index (χ2v) is 4.29. The fraction of sp³-hybridized carbons (Fsp3) is 0.818. The molecule has 0 saturated heterocycles. The van der Waals surface area contributed by atoms with E-state index in [9.17, 15) is 0 Å². The van der Waals surface area contributed by atoms with Crippen LogP contribution in [0, 0.1) is 5.41 Å². The first-order valence-electron chi connectivity index (χ1n) is 5.37. The normalized spacial score (nSPS) is 27.4. The van der Waals surface area contributed by atoms with Gasteiger partial charge >= 0.3 is 0 Å². The Kier molecular flexibility index (Phi) is 2.33. The van der Waals surface area contributed by atoms with E-state index in [0.29, 0.717) is 5.41 Å².